The zero-order valence-corrected chi connectivity index (χ0v) is 11.1. The number of rotatable bonds is 7. The molecule has 1 atom stereocenters. The third-order valence-corrected chi connectivity index (χ3v) is 3.01. The molecule has 1 unspecified atom stereocenters. The van der Waals surface area contributed by atoms with E-state index in [0.717, 1.165) is 18.7 Å². The van der Waals surface area contributed by atoms with E-state index in [0.29, 0.717) is 13.0 Å². The molecular weight excluding hydrogens is 266 g/mol. The summed E-state index contributed by atoms with van der Waals surface area (Å²) in [4.78, 5) is 35.4. The topological polar surface area (TPSA) is 125 Å². The molecule has 1 rings (SSSR count). The van der Waals surface area contributed by atoms with E-state index in [1.54, 1.807) is 0 Å². The highest BCUT2D eigenvalue weighted by Crippen LogP contribution is 2.09. The Labute approximate surface area is 115 Å². The molecule has 8 nitrogen and oxygen atoms in total. The first-order valence-corrected chi connectivity index (χ1v) is 6.25. The Kier molecular flexibility index (Phi) is 5.85. The average molecular weight is 283 g/mol. The molecule has 1 aromatic heterocycles. The molecule has 1 amide bonds. The molecular formula is C12H17N3O5. The summed E-state index contributed by atoms with van der Waals surface area (Å²) in [5.41, 5.74) is -1.32. The Morgan fingerprint density at radius 1 is 1.60 bits per heavy atom. The number of hydrogen-bond acceptors (Lipinski definition) is 5. The average Bonchev–Trinajstić information content (AvgIpc) is 2.43. The molecule has 0 aliphatic rings. The number of H-pyrrole nitrogens is 1. The third kappa shape index (κ3) is 4.16. The van der Waals surface area contributed by atoms with Crippen molar-refractivity contribution in [2.24, 2.45) is 5.92 Å². The van der Waals surface area contributed by atoms with Crippen molar-refractivity contribution in [1.29, 1.82) is 0 Å². The largest absolute Gasteiger partial charge is 0.396 e. The number of pyridine rings is 1. The van der Waals surface area contributed by atoms with E-state index in [-0.39, 0.29) is 23.8 Å². The molecule has 0 radical (unpaired) electrons. The predicted octanol–water partition coefficient (Wildman–Crippen LogP) is 0.421. The number of nitrogens with one attached hydrogen (secondary N) is 2. The summed E-state index contributed by atoms with van der Waals surface area (Å²) in [6.07, 6.45) is 2.26. The van der Waals surface area contributed by atoms with Gasteiger partial charge in [0.05, 0.1) is 11.1 Å². The van der Waals surface area contributed by atoms with Crippen LogP contribution in [0.3, 0.4) is 0 Å². The molecule has 0 aromatic carbocycles. The summed E-state index contributed by atoms with van der Waals surface area (Å²) in [7, 11) is 0. The van der Waals surface area contributed by atoms with Gasteiger partial charge < -0.3 is 15.4 Å². The summed E-state index contributed by atoms with van der Waals surface area (Å²) < 4.78 is 0. The van der Waals surface area contributed by atoms with Gasteiger partial charge in [-0.1, -0.05) is 13.3 Å². The lowest BCUT2D eigenvalue weighted by Crippen LogP contribution is -2.33. The van der Waals surface area contributed by atoms with Crippen LogP contribution in [-0.2, 0) is 0 Å². The van der Waals surface area contributed by atoms with E-state index in [9.17, 15) is 19.7 Å². The molecule has 0 saturated heterocycles. The van der Waals surface area contributed by atoms with Crippen LogP contribution in [0.1, 0.15) is 30.1 Å². The first kappa shape index (κ1) is 15.8. The number of nitro groups is 1. The van der Waals surface area contributed by atoms with Gasteiger partial charge in [0.1, 0.15) is 5.56 Å². The van der Waals surface area contributed by atoms with Gasteiger partial charge in [0.15, 0.2) is 0 Å². The standard InChI is InChI=1S/C12H17N3O5/c1-2-8(3-4-16)6-13-11(17)10-5-9(15(19)20)7-14-12(10)18/h5,7-8,16H,2-4,6H2,1H3,(H,13,17)(H,14,18). The molecule has 0 spiro atoms. The van der Waals surface area contributed by atoms with E-state index in [2.05, 4.69) is 10.3 Å². The highest BCUT2D eigenvalue weighted by atomic mass is 16.6. The zero-order valence-electron chi connectivity index (χ0n) is 11.1. The second-order valence-corrected chi connectivity index (χ2v) is 4.35. The molecule has 0 saturated carbocycles. The van der Waals surface area contributed by atoms with Crippen molar-refractivity contribution in [3.05, 3.63) is 38.3 Å². The summed E-state index contributed by atoms with van der Waals surface area (Å²) in [5.74, 6) is -0.562. The number of aromatic nitrogens is 1. The number of aliphatic hydroxyl groups is 1. The first-order chi connectivity index (χ1) is 9.49. The fourth-order valence-corrected chi connectivity index (χ4v) is 1.71. The first-order valence-electron chi connectivity index (χ1n) is 6.25. The Balaban J connectivity index is 2.79. The Morgan fingerprint density at radius 3 is 2.85 bits per heavy atom. The van der Waals surface area contributed by atoms with Crippen LogP contribution < -0.4 is 10.9 Å². The quantitative estimate of drug-likeness (QED) is 0.494. The second kappa shape index (κ2) is 7.39. The van der Waals surface area contributed by atoms with Gasteiger partial charge in [-0.3, -0.25) is 19.7 Å². The normalized spacial score (nSPS) is 11.9. The fraction of sp³-hybridized carbons (Fsp3) is 0.500. The van der Waals surface area contributed by atoms with Gasteiger partial charge in [0.2, 0.25) is 0 Å². The van der Waals surface area contributed by atoms with E-state index in [1.807, 2.05) is 6.92 Å². The van der Waals surface area contributed by atoms with E-state index in [1.165, 1.54) is 0 Å². The molecule has 3 N–H and O–H groups in total. The maximum Gasteiger partial charge on any atom is 0.286 e. The van der Waals surface area contributed by atoms with Gasteiger partial charge in [-0.05, 0) is 12.3 Å². The monoisotopic (exact) mass is 283 g/mol. The van der Waals surface area contributed by atoms with E-state index in [4.69, 9.17) is 5.11 Å². The summed E-state index contributed by atoms with van der Waals surface area (Å²) >= 11 is 0. The summed E-state index contributed by atoms with van der Waals surface area (Å²) in [6, 6.07) is 0.946. The number of hydrogen-bond donors (Lipinski definition) is 3. The minimum atomic E-state index is -0.687. The fourth-order valence-electron chi connectivity index (χ4n) is 1.71. The number of aliphatic hydroxyl groups excluding tert-OH is 1. The number of carbonyl (C=O) groups is 1. The van der Waals surface area contributed by atoms with Crippen LogP contribution in [0.15, 0.2) is 17.1 Å². The molecule has 0 aliphatic heterocycles. The van der Waals surface area contributed by atoms with Crippen molar-refractivity contribution in [2.45, 2.75) is 19.8 Å². The summed E-state index contributed by atoms with van der Waals surface area (Å²) in [5, 5.41) is 22.0. The minimum Gasteiger partial charge on any atom is -0.396 e. The Morgan fingerprint density at radius 2 is 2.30 bits per heavy atom. The maximum absolute atomic E-state index is 11.8. The zero-order chi connectivity index (χ0) is 15.1. The molecule has 20 heavy (non-hydrogen) atoms. The smallest absolute Gasteiger partial charge is 0.286 e. The Hall–Kier alpha value is -2.22. The van der Waals surface area contributed by atoms with Crippen molar-refractivity contribution >= 4 is 11.6 Å². The highest BCUT2D eigenvalue weighted by Gasteiger charge is 2.17. The van der Waals surface area contributed by atoms with Crippen molar-refractivity contribution in [3.63, 3.8) is 0 Å². The SMILES string of the molecule is CCC(CCO)CNC(=O)c1cc([N+](=O)[O-])c[nH]c1=O. The van der Waals surface area contributed by atoms with Crippen molar-refractivity contribution in [1.82, 2.24) is 10.3 Å². The van der Waals surface area contributed by atoms with Gasteiger partial charge >= 0.3 is 0 Å². The lowest BCUT2D eigenvalue weighted by molar-refractivity contribution is -0.385. The molecule has 0 aliphatic carbocycles. The van der Waals surface area contributed by atoms with Crippen LogP contribution in [-0.4, -0.2) is 34.1 Å². The lowest BCUT2D eigenvalue weighted by Gasteiger charge is -2.13. The van der Waals surface area contributed by atoms with Crippen molar-refractivity contribution in [2.75, 3.05) is 13.2 Å². The van der Waals surface area contributed by atoms with Crippen LogP contribution >= 0.6 is 0 Å². The third-order valence-electron chi connectivity index (χ3n) is 3.01. The number of aromatic amines is 1. The predicted molar refractivity (Wildman–Crippen MR) is 71.5 cm³/mol. The Bertz CT molecular complexity index is 540. The van der Waals surface area contributed by atoms with Crippen molar-refractivity contribution < 1.29 is 14.8 Å². The maximum atomic E-state index is 11.8. The van der Waals surface area contributed by atoms with Crippen LogP contribution in [0.4, 0.5) is 5.69 Å². The van der Waals surface area contributed by atoms with Gasteiger partial charge in [0.25, 0.3) is 17.2 Å². The highest BCUT2D eigenvalue weighted by molar-refractivity contribution is 5.94. The van der Waals surface area contributed by atoms with E-state index < -0.39 is 16.4 Å². The van der Waals surface area contributed by atoms with Crippen LogP contribution in [0.25, 0.3) is 0 Å². The molecule has 1 aromatic rings. The van der Waals surface area contributed by atoms with Gasteiger partial charge in [0, 0.05) is 19.2 Å². The molecule has 0 fully saturated rings. The lowest BCUT2D eigenvalue weighted by atomic mass is 10.0. The minimum absolute atomic E-state index is 0.0196. The number of amides is 1. The number of carbonyl (C=O) groups excluding carboxylic acids is 1. The molecule has 8 heteroatoms. The summed E-state index contributed by atoms with van der Waals surface area (Å²) in [6.45, 7) is 2.25. The van der Waals surface area contributed by atoms with E-state index >= 15 is 0 Å². The second-order valence-electron chi connectivity index (χ2n) is 4.35. The molecule has 1 heterocycles. The van der Waals surface area contributed by atoms with Crippen LogP contribution in [0, 0.1) is 16.0 Å². The van der Waals surface area contributed by atoms with Crippen LogP contribution in [0.2, 0.25) is 0 Å². The molecule has 110 valence electrons. The van der Waals surface area contributed by atoms with Gasteiger partial charge in [-0.15, -0.1) is 0 Å². The van der Waals surface area contributed by atoms with Gasteiger partial charge in [-0.25, -0.2) is 0 Å². The molecule has 0 bridgehead atoms. The van der Waals surface area contributed by atoms with Crippen LogP contribution in [0.5, 0.6) is 0 Å². The van der Waals surface area contributed by atoms with Crippen molar-refractivity contribution in [3.8, 4) is 0 Å². The number of nitrogens with zero attached hydrogens (tertiary/aromatic N) is 1. The van der Waals surface area contributed by atoms with Gasteiger partial charge in [-0.2, -0.15) is 0 Å².